The molecule has 1 fully saturated rings. The molecule has 0 spiro atoms. The summed E-state index contributed by atoms with van der Waals surface area (Å²) in [4.78, 5) is 5.10. The van der Waals surface area contributed by atoms with Crippen molar-refractivity contribution in [3.05, 3.63) is 83.4 Å². The normalized spacial score (nSPS) is 15.9. The Morgan fingerprint density at radius 3 is 2.38 bits per heavy atom. The van der Waals surface area contributed by atoms with Gasteiger partial charge in [0.15, 0.2) is 0 Å². The quantitative estimate of drug-likeness (QED) is 0.594. The summed E-state index contributed by atoms with van der Waals surface area (Å²) < 4.78 is 5.54. The zero-order valence-electron chi connectivity index (χ0n) is 17.5. The highest BCUT2D eigenvalue weighted by Gasteiger charge is 2.17. The lowest BCUT2D eigenvalue weighted by Gasteiger charge is -2.34. The molecular weight excluding hydrogens is 356 g/mol. The highest BCUT2D eigenvalue weighted by molar-refractivity contribution is 5.91. The van der Waals surface area contributed by atoms with Crippen LogP contribution in [0.3, 0.4) is 0 Å². The summed E-state index contributed by atoms with van der Waals surface area (Å²) in [5, 5.41) is 2.50. The van der Waals surface area contributed by atoms with Crippen LogP contribution < -0.4 is 4.74 Å². The van der Waals surface area contributed by atoms with Gasteiger partial charge in [-0.15, -0.1) is 0 Å². The van der Waals surface area contributed by atoms with Crippen molar-refractivity contribution in [3.63, 3.8) is 0 Å². The van der Waals surface area contributed by atoms with Gasteiger partial charge in [0.25, 0.3) is 0 Å². The van der Waals surface area contributed by atoms with Gasteiger partial charge in [0, 0.05) is 44.7 Å². The van der Waals surface area contributed by atoms with Crippen LogP contribution in [-0.4, -0.2) is 49.6 Å². The molecule has 3 aromatic carbocycles. The summed E-state index contributed by atoms with van der Waals surface area (Å²) in [7, 11) is 1.74. The Bertz CT molecular complexity index is 987. The van der Waals surface area contributed by atoms with Gasteiger partial charge in [-0.1, -0.05) is 72.3 Å². The first-order valence-corrected chi connectivity index (χ1v) is 10.5. The first-order valence-electron chi connectivity index (χ1n) is 10.5. The fourth-order valence-corrected chi connectivity index (χ4v) is 4.13. The van der Waals surface area contributed by atoms with Gasteiger partial charge in [0.2, 0.25) is 0 Å². The highest BCUT2D eigenvalue weighted by Crippen LogP contribution is 2.29. The number of aryl methyl sites for hydroxylation is 1. The molecule has 1 aliphatic rings. The number of rotatable bonds is 6. The predicted octanol–water partition coefficient (Wildman–Crippen LogP) is 4.99. The van der Waals surface area contributed by atoms with Crippen LogP contribution in [0.4, 0.5) is 0 Å². The molecule has 3 heteroatoms. The van der Waals surface area contributed by atoms with Crippen LogP contribution in [0.2, 0.25) is 0 Å². The van der Waals surface area contributed by atoms with Gasteiger partial charge in [-0.3, -0.25) is 9.80 Å². The molecule has 0 aromatic heterocycles. The van der Waals surface area contributed by atoms with Gasteiger partial charge in [0.05, 0.1) is 7.11 Å². The molecule has 0 N–H and O–H groups in total. The molecule has 150 valence electrons. The minimum Gasteiger partial charge on any atom is -0.496 e. The van der Waals surface area contributed by atoms with Crippen LogP contribution in [0.25, 0.3) is 16.8 Å². The van der Waals surface area contributed by atoms with Crippen LogP contribution in [0, 0.1) is 6.92 Å². The highest BCUT2D eigenvalue weighted by atomic mass is 16.5. The maximum absolute atomic E-state index is 5.54. The van der Waals surface area contributed by atoms with Gasteiger partial charge in [0.1, 0.15) is 5.75 Å². The Morgan fingerprint density at radius 1 is 0.862 bits per heavy atom. The molecule has 0 amide bonds. The number of ether oxygens (including phenoxy) is 1. The number of methoxy groups -OCH3 is 1. The molecule has 0 radical (unpaired) electrons. The van der Waals surface area contributed by atoms with Crippen molar-refractivity contribution in [2.24, 2.45) is 0 Å². The summed E-state index contributed by atoms with van der Waals surface area (Å²) >= 11 is 0. The topological polar surface area (TPSA) is 15.7 Å². The molecule has 0 unspecified atom stereocenters. The molecule has 3 nitrogen and oxygen atoms in total. The molecule has 29 heavy (non-hydrogen) atoms. The van der Waals surface area contributed by atoms with Crippen LogP contribution in [0.5, 0.6) is 5.75 Å². The molecule has 4 rings (SSSR count). The molecule has 0 aliphatic carbocycles. The summed E-state index contributed by atoms with van der Waals surface area (Å²) in [5.41, 5.74) is 3.98. The van der Waals surface area contributed by atoms with Crippen molar-refractivity contribution < 1.29 is 4.74 Å². The molecular formula is C26H30N2O. The number of hydrogen-bond acceptors (Lipinski definition) is 3. The third-order valence-corrected chi connectivity index (χ3v) is 5.77. The van der Waals surface area contributed by atoms with E-state index in [1.54, 1.807) is 7.11 Å². The van der Waals surface area contributed by atoms with Crippen LogP contribution in [0.15, 0.2) is 66.7 Å². The predicted molar refractivity (Wildman–Crippen MR) is 122 cm³/mol. The van der Waals surface area contributed by atoms with Crippen molar-refractivity contribution in [1.29, 1.82) is 0 Å². The van der Waals surface area contributed by atoms with Crippen molar-refractivity contribution >= 4 is 16.8 Å². The number of nitrogens with zero attached hydrogens (tertiary/aromatic N) is 2. The Kier molecular flexibility index (Phi) is 6.28. The van der Waals surface area contributed by atoms with E-state index < -0.39 is 0 Å². The number of benzene rings is 3. The van der Waals surface area contributed by atoms with E-state index >= 15 is 0 Å². The minimum atomic E-state index is 0.953. The van der Waals surface area contributed by atoms with E-state index in [4.69, 9.17) is 4.74 Å². The Hall–Kier alpha value is -2.62. The molecule has 1 aliphatic heterocycles. The van der Waals surface area contributed by atoms with Gasteiger partial charge >= 0.3 is 0 Å². The first-order chi connectivity index (χ1) is 14.2. The summed E-state index contributed by atoms with van der Waals surface area (Å²) in [6, 6.07) is 21.5. The molecule has 3 aromatic rings. The fraction of sp³-hybridized carbons (Fsp3) is 0.308. The second-order valence-corrected chi connectivity index (χ2v) is 7.87. The molecule has 1 heterocycles. The fourth-order valence-electron chi connectivity index (χ4n) is 4.13. The van der Waals surface area contributed by atoms with E-state index in [9.17, 15) is 0 Å². The monoisotopic (exact) mass is 386 g/mol. The van der Waals surface area contributed by atoms with E-state index in [-0.39, 0.29) is 0 Å². The number of hydrogen-bond donors (Lipinski definition) is 0. The molecule has 0 bridgehead atoms. The van der Waals surface area contributed by atoms with Crippen molar-refractivity contribution in [3.8, 4) is 5.75 Å². The van der Waals surface area contributed by atoms with Crippen molar-refractivity contribution in [1.82, 2.24) is 9.80 Å². The Labute approximate surface area is 174 Å². The maximum atomic E-state index is 5.54. The minimum absolute atomic E-state index is 0.953. The van der Waals surface area contributed by atoms with Crippen molar-refractivity contribution in [2.45, 2.75) is 13.5 Å². The molecule has 0 saturated carbocycles. The smallest absolute Gasteiger partial charge is 0.126 e. The third kappa shape index (κ3) is 4.87. The number of piperazine rings is 1. The van der Waals surface area contributed by atoms with Gasteiger partial charge < -0.3 is 4.74 Å². The lowest BCUT2D eigenvalue weighted by Crippen LogP contribution is -2.45. The Balaban J connectivity index is 1.33. The Morgan fingerprint density at radius 2 is 1.62 bits per heavy atom. The van der Waals surface area contributed by atoms with E-state index in [0.29, 0.717) is 0 Å². The van der Waals surface area contributed by atoms with E-state index in [0.717, 1.165) is 45.0 Å². The number of fused-ring (bicyclic) bond motifs is 1. The average Bonchev–Trinajstić information content (AvgIpc) is 2.75. The van der Waals surface area contributed by atoms with E-state index in [2.05, 4.69) is 89.5 Å². The zero-order valence-corrected chi connectivity index (χ0v) is 17.5. The SMILES string of the molecule is COc1ccc(CN2CCN(C/C=C/c3cccc(C)c3)CC2)c2ccccc12. The van der Waals surface area contributed by atoms with Crippen LogP contribution in [0.1, 0.15) is 16.7 Å². The van der Waals surface area contributed by atoms with Gasteiger partial charge in [-0.2, -0.15) is 0 Å². The summed E-state index contributed by atoms with van der Waals surface area (Å²) in [5.74, 6) is 0.953. The van der Waals surface area contributed by atoms with Gasteiger partial charge in [-0.25, -0.2) is 0 Å². The van der Waals surface area contributed by atoms with Crippen LogP contribution in [-0.2, 0) is 6.54 Å². The molecule has 1 saturated heterocycles. The van der Waals surface area contributed by atoms with E-state index in [1.807, 2.05) is 0 Å². The standard InChI is InChI=1S/C26H30N2O/c1-21-7-5-8-22(19-21)9-6-14-27-15-17-28(18-16-27)20-23-12-13-26(29-2)25-11-4-3-10-24(23)25/h3-13,19H,14-18,20H2,1-2H3/b9-6+. The maximum Gasteiger partial charge on any atom is 0.126 e. The third-order valence-electron chi connectivity index (χ3n) is 5.77. The van der Waals surface area contributed by atoms with Crippen LogP contribution >= 0.6 is 0 Å². The summed E-state index contributed by atoms with van der Waals surface area (Å²) in [6.07, 6.45) is 4.53. The first kappa shape index (κ1) is 19.7. The zero-order chi connectivity index (χ0) is 20.1. The molecule has 0 atom stereocenters. The lowest BCUT2D eigenvalue weighted by molar-refractivity contribution is 0.137. The lowest BCUT2D eigenvalue weighted by atomic mass is 10.0. The second kappa shape index (κ2) is 9.25. The van der Waals surface area contributed by atoms with Crippen molar-refractivity contribution in [2.75, 3.05) is 39.8 Å². The van der Waals surface area contributed by atoms with Gasteiger partial charge in [-0.05, 0) is 29.5 Å². The van der Waals surface area contributed by atoms with E-state index in [1.165, 1.54) is 27.5 Å². The largest absolute Gasteiger partial charge is 0.496 e. The second-order valence-electron chi connectivity index (χ2n) is 7.87. The average molecular weight is 387 g/mol. The summed E-state index contributed by atoms with van der Waals surface area (Å²) in [6.45, 7) is 8.61.